The van der Waals surface area contributed by atoms with Crippen molar-refractivity contribution in [3.63, 3.8) is 0 Å². The molecule has 0 bridgehead atoms. The summed E-state index contributed by atoms with van der Waals surface area (Å²) in [4.78, 5) is 14.1. The third-order valence-electron chi connectivity index (χ3n) is 2.15. The third kappa shape index (κ3) is 5.17. The van der Waals surface area contributed by atoms with Gasteiger partial charge in [0.15, 0.2) is 0 Å². The molecule has 0 aliphatic rings. The molecule has 0 aliphatic carbocycles. The van der Waals surface area contributed by atoms with Gasteiger partial charge in [-0.05, 0) is 23.4 Å². The van der Waals surface area contributed by atoms with Crippen molar-refractivity contribution in [1.82, 2.24) is 15.0 Å². The molecule has 0 saturated heterocycles. The molecule has 1 heterocycles. The molecule has 0 spiro atoms. The average Bonchev–Trinajstić information content (AvgIpc) is 2.14. The van der Waals surface area contributed by atoms with E-state index in [1.54, 1.807) is 4.90 Å². The summed E-state index contributed by atoms with van der Waals surface area (Å²) < 4.78 is 0. The van der Waals surface area contributed by atoms with Gasteiger partial charge < -0.3 is 10.2 Å². The number of hydrogen-bond acceptors (Lipinski definition) is 5. The highest BCUT2D eigenvalue weighted by Gasteiger charge is 2.11. The lowest BCUT2D eigenvalue weighted by Crippen LogP contribution is -2.17. The minimum absolute atomic E-state index is 0.210. The molecule has 0 saturated carbocycles. The molecule has 1 rings (SSSR count). The van der Waals surface area contributed by atoms with E-state index in [-0.39, 0.29) is 10.7 Å². The summed E-state index contributed by atoms with van der Waals surface area (Å²) in [6.45, 7) is 7.40. The second-order valence-corrected chi connectivity index (χ2v) is 5.70. The Kier molecular flexibility index (Phi) is 4.51. The second-order valence-electron chi connectivity index (χ2n) is 5.36. The summed E-state index contributed by atoms with van der Waals surface area (Å²) in [6.07, 6.45) is 1.04. The molecule has 0 aromatic carbocycles. The van der Waals surface area contributed by atoms with Gasteiger partial charge in [-0.2, -0.15) is 15.0 Å². The fourth-order valence-corrected chi connectivity index (χ4v) is 1.32. The number of halogens is 1. The highest BCUT2D eigenvalue weighted by Crippen LogP contribution is 2.18. The summed E-state index contributed by atoms with van der Waals surface area (Å²) in [5, 5.41) is 3.37. The van der Waals surface area contributed by atoms with Crippen LogP contribution in [0.15, 0.2) is 0 Å². The molecule has 0 atom stereocenters. The molecule has 1 aromatic heterocycles. The first-order valence-electron chi connectivity index (χ1n) is 5.61. The fourth-order valence-electron chi connectivity index (χ4n) is 1.17. The zero-order valence-electron chi connectivity index (χ0n) is 11.1. The van der Waals surface area contributed by atoms with Crippen LogP contribution in [-0.2, 0) is 0 Å². The van der Waals surface area contributed by atoms with Crippen LogP contribution in [0.1, 0.15) is 27.2 Å². The summed E-state index contributed by atoms with van der Waals surface area (Å²) in [5.74, 6) is 1.08. The van der Waals surface area contributed by atoms with Crippen LogP contribution < -0.4 is 10.2 Å². The third-order valence-corrected chi connectivity index (χ3v) is 2.32. The monoisotopic (exact) mass is 257 g/mol. The lowest BCUT2D eigenvalue weighted by molar-refractivity contribution is 0.389. The Balaban J connectivity index is 2.65. The molecular formula is C11H20ClN5. The van der Waals surface area contributed by atoms with Gasteiger partial charge in [0.25, 0.3) is 0 Å². The maximum absolute atomic E-state index is 5.83. The number of nitrogens with zero attached hydrogens (tertiary/aromatic N) is 4. The maximum atomic E-state index is 5.83. The molecule has 96 valence electrons. The Morgan fingerprint density at radius 2 is 1.82 bits per heavy atom. The van der Waals surface area contributed by atoms with Crippen molar-refractivity contribution in [3.8, 4) is 0 Å². The highest BCUT2D eigenvalue weighted by molar-refractivity contribution is 6.28. The summed E-state index contributed by atoms with van der Waals surface area (Å²) >= 11 is 5.83. The van der Waals surface area contributed by atoms with Gasteiger partial charge in [-0.15, -0.1) is 0 Å². The second kappa shape index (κ2) is 5.49. The van der Waals surface area contributed by atoms with Crippen LogP contribution in [0.3, 0.4) is 0 Å². The Labute approximate surface area is 108 Å². The summed E-state index contributed by atoms with van der Waals surface area (Å²) in [7, 11) is 3.73. The van der Waals surface area contributed by atoms with Crippen LogP contribution in [0.4, 0.5) is 11.9 Å². The Bertz CT molecular complexity index is 373. The largest absolute Gasteiger partial charge is 0.354 e. The van der Waals surface area contributed by atoms with Crippen LogP contribution in [0.2, 0.25) is 5.28 Å². The quantitative estimate of drug-likeness (QED) is 0.898. The van der Waals surface area contributed by atoms with E-state index in [0.717, 1.165) is 13.0 Å². The van der Waals surface area contributed by atoms with Gasteiger partial charge in [0, 0.05) is 20.6 Å². The van der Waals surface area contributed by atoms with Gasteiger partial charge in [-0.25, -0.2) is 0 Å². The highest BCUT2D eigenvalue weighted by atomic mass is 35.5. The average molecular weight is 258 g/mol. The first-order valence-corrected chi connectivity index (χ1v) is 5.98. The number of aromatic nitrogens is 3. The van der Waals surface area contributed by atoms with E-state index in [2.05, 4.69) is 41.0 Å². The molecule has 0 fully saturated rings. The van der Waals surface area contributed by atoms with Crippen molar-refractivity contribution in [2.75, 3.05) is 30.9 Å². The fraction of sp³-hybridized carbons (Fsp3) is 0.727. The molecule has 5 nitrogen and oxygen atoms in total. The minimum atomic E-state index is 0.210. The van der Waals surface area contributed by atoms with Crippen molar-refractivity contribution in [1.29, 1.82) is 0 Å². The Hall–Kier alpha value is -1.10. The SMILES string of the molecule is CN(C)c1nc(Cl)nc(NCCC(C)(C)C)n1. The van der Waals surface area contributed by atoms with Gasteiger partial charge in [0.05, 0.1) is 0 Å². The molecule has 0 unspecified atom stereocenters. The van der Waals surface area contributed by atoms with E-state index in [1.165, 1.54) is 0 Å². The minimum Gasteiger partial charge on any atom is -0.354 e. The van der Waals surface area contributed by atoms with Crippen LogP contribution in [-0.4, -0.2) is 35.6 Å². The maximum Gasteiger partial charge on any atom is 0.230 e. The standard InChI is InChI=1S/C11H20ClN5/c1-11(2,3)6-7-13-9-14-8(12)15-10(16-9)17(4)5/h6-7H2,1-5H3,(H,13,14,15,16). The first kappa shape index (κ1) is 14.0. The van der Waals surface area contributed by atoms with Gasteiger partial charge in [-0.3, -0.25) is 0 Å². The molecule has 0 radical (unpaired) electrons. The van der Waals surface area contributed by atoms with Crippen molar-refractivity contribution < 1.29 is 0 Å². The van der Waals surface area contributed by atoms with Crippen LogP contribution in [0, 0.1) is 5.41 Å². The predicted molar refractivity (Wildman–Crippen MR) is 71.7 cm³/mol. The lowest BCUT2D eigenvalue weighted by atomic mass is 9.92. The molecule has 0 amide bonds. The predicted octanol–water partition coefficient (Wildman–Crippen LogP) is 2.44. The van der Waals surface area contributed by atoms with E-state index in [4.69, 9.17) is 11.6 Å². The normalized spacial score (nSPS) is 11.4. The van der Waals surface area contributed by atoms with E-state index in [1.807, 2.05) is 14.1 Å². The molecule has 1 N–H and O–H groups in total. The van der Waals surface area contributed by atoms with Crippen molar-refractivity contribution >= 4 is 23.5 Å². The Morgan fingerprint density at radius 3 is 2.35 bits per heavy atom. The van der Waals surface area contributed by atoms with Crippen molar-refractivity contribution in [2.45, 2.75) is 27.2 Å². The molecule has 17 heavy (non-hydrogen) atoms. The number of anilines is 2. The smallest absolute Gasteiger partial charge is 0.230 e. The Morgan fingerprint density at radius 1 is 1.18 bits per heavy atom. The lowest BCUT2D eigenvalue weighted by Gasteiger charge is -2.18. The van der Waals surface area contributed by atoms with Gasteiger partial charge >= 0.3 is 0 Å². The van der Waals surface area contributed by atoms with Crippen LogP contribution >= 0.6 is 11.6 Å². The van der Waals surface area contributed by atoms with E-state index in [9.17, 15) is 0 Å². The molecule has 1 aromatic rings. The summed E-state index contributed by atoms with van der Waals surface area (Å²) in [5.41, 5.74) is 0.286. The molecular weight excluding hydrogens is 238 g/mol. The van der Waals surface area contributed by atoms with Gasteiger partial charge in [0.2, 0.25) is 17.2 Å². The van der Waals surface area contributed by atoms with Crippen molar-refractivity contribution in [2.24, 2.45) is 5.41 Å². The van der Waals surface area contributed by atoms with Crippen LogP contribution in [0.5, 0.6) is 0 Å². The van der Waals surface area contributed by atoms with Gasteiger partial charge in [-0.1, -0.05) is 20.8 Å². The number of rotatable bonds is 4. The number of hydrogen-bond donors (Lipinski definition) is 1. The zero-order chi connectivity index (χ0) is 13.1. The first-order chi connectivity index (χ1) is 7.78. The summed E-state index contributed by atoms with van der Waals surface area (Å²) in [6, 6.07) is 0. The van der Waals surface area contributed by atoms with E-state index < -0.39 is 0 Å². The van der Waals surface area contributed by atoms with Crippen LogP contribution in [0.25, 0.3) is 0 Å². The van der Waals surface area contributed by atoms with Gasteiger partial charge in [0.1, 0.15) is 0 Å². The van der Waals surface area contributed by atoms with E-state index >= 15 is 0 Å². The molecule has 0 aliphatic heterocycles. The van der Waals surface area contributed by atoms with Crippen molar-refractivity contribution in [3.05, 3.63) is 5.28 Å². The number of nitrogens with one attached hydrogen (secondary N) is 1. The molecule has 6 heteroatoms. The van der Waals surface area contributed by atoms with E-state index in [0.29, 0.717) is 11.9 Å². The zero-order valence-corrected chi connectivity index (χ0v) is 11.8. The topological polar surface area (TPSA) is 53.9 Å².